The normalized spacial score (nSPS) is 12.6. The maximum atomic E-state index is 12.2. The molecule has 0 aromatic heterocycles. The molecule has 0 saturated heterocycles. The van der Waals surface area contributed by atoms with Crippen LogP contribution in [0.4, 0.5) is 11.4 Å². The summed E-state index contributed by atoms with van der Waals surface area (Å²) in [7, 11) is 0. The fraction of sp³-hybridized carbons (Fsp3) is 0.222. The first-order valence-corrected chi connectivity index (χ1v) is 9.40. The average Bonchev–Trinajstić information content (AvgIpc) is 2.75. The van der Waals surface area contributed by atoms with Crippen molar-refractivity contribution in [2.75, 3.05) is 6.61 Å². The molecule has 2 aromatic rings. The van der Waals surface area contributed by atoms with E-state index in [4.69, 9.17) is 27.9 Å². The van der Waals surface area contributed by atoms with Gasteiger partial charge in [0.2, 0.25) is 0 Å². The molecule has 0 unspecified atom stereocenters. The molecule has 0 bridgehead atoms. The molecule has 11 nitrogen and oxygen atoms in total. The lowest BCUT2D eigenvalue weighted by molar-refractivity contribution is -0.385. The number of nitrogens with zero attached hydrogens (tertiary/aromatic N) is 2. The van der Waals surface area contributed by atoms with Crippen molar-refractivity contribution >= 4 is 46.5 Å². The number of nitro groups is 2. The lowest BCUT2D eigenvalue weighted by Gasteiger charge is -2.24. The smallest absolute Gasteiger partial charge is 0.338 e. The van der Waals surface area contributed by atoms with Crippen molar-refractivity contribution in [1.82, 2.24) is 5.32 Å². The number of non-ortho nitro benzene ring substituents is 2. The highest BCUT2D eigenvalue weighted by Crippen LogP contribution is 2.22. The molecular weight excluding hydrogens is 457 g/mol. The Bertz CT molecular complexity index is 967. The maximum absolute atomic E-state index is 12.2. The van der Waals surface area contributed by atoms with Crippen molar-refractivity contribution in [3.63, 3.8) is 0 Å². The molecule has 0 aliphatic carbocycles. The molecule has 0 radical (unpaired) electrons. The van der Waals surface area contributed by atoms with Gasteiger partial charge in [-0.25, -0.2) is 4.79 Å². The molecule has 0 fully saturated rings. The lowest BCUT2D eigenvalue weighted by Crippen LogP contribution is -2.45. The van der Waals surface area contributed by atoms with Crippen molar-refractivity contribution in [3.8, 4) is 0 Å². The van der Waals surface area contributed by atoms with E-state index in [2.05, 4.69) is 5.32 Å². The second-order valence-corrected chi connectivity index (χ2v) is 7.21. The summed E-state index contributed by atoms with van der Waals surface area (Å²) in [5.41, 5.74) is -0.218. The van der Waals surface area contributed by atoms with Gasteiger partial charge in [-0.05, 0) is 29.8 Å². The molecule has 0 heterocycles. The molecule has 0 saturated carbocycles. The number of esters is 1. The van der Waals surface area contributed by atoms with E-state index < -0.39 is 45.3 Å². The Balaban J connectivity index is 2.14. The standard InChI is InChI=1S/C18H15Cl2N3O8/c19-16(20)17(25)21-14(15(24)10-1-5-12(6-2-10)22(27)28)9-31-18(26)11-3-7-13(8-4-11)23(29)30/h1-8,14-16,24H,9H2,(H,21,25)/t14-,15-/m1/s1. The van der Waals surface area contributed by atoms with Gasteiger partial charge in [0, 0.05) is 24.3 Å². The zero-order valence-corrected chi connectivity index (χ0v) is 17.0. The summed E-state index contributed by atoms with van der Waals surface area (Å²) < 4.78 is 5.10. The number of aliphatic hydroxyl groups excluding tert-OH is 1. The second-order valence-electron chi connectivity index (χ2n) is 6.11. The predicted octanol–water partition coefficient (Wildman–Crippen LogP) is 2.68. The fourth-order valence-electron chi connectivity index (χ4n) is 2.45. The number of benzene rings is 2. The molecule has 2 N–H and O–H groups in total. The molecule has 164 valence electrons. The van der Waals surface area contributed by atoms with Crippen molar-refractivity contribution in [2.24, 2.45) is 0 Å². The number of hydrogen-bond donors (Lipinski definition) is 2. The summed E-state index contributed by atoms with van der Waals surface area (Å²) >= 11 is 11.0. The van der Waals surface area contributed by atoms with E-state index in [0.717, 1.165) is 24.3 Å². The molecule has 2 aromatic carbocycles. The number of carbonyl (C=O) groups is 2. The summed E-state index contributed by atoms with van der Waals surface area (Å²) in [6.07, 6.45) is -1.43. The number of hydrogen-bond acceptors (Lipinski definition) is 8. The summed E-state index contributed by atoms with van der Waals surface area (Å²) in [6, 6.07) is 8.29. The largest absolute Gasteiger partial charge is 0.460 e. The van der Waals surface area contributed by atoms with Crippen molar-refractivity contribution < 1.29 is 29.3 Å². The summed E-state index contributed by atoms with van der Waals surface area (Å²) in [5.74, 6) is -1.72. The fourth-order valence-corrected chi connectivity index (χ4v) is 2.58. The van der Waals surface area contributed by atoms with Gasteiger partial charge >= 0.3 is 5.97 Å². The third-order valence-electron chi connectivity index (χ3n) is 4.06. The molecule has 0 aliphatic heterocycles. The number of amides is 1. The van der Waals surface area contributed by atoms with E-state index in [1.165, 1.54) is 24.3 Å². The van der Waals surface area contributed by atoms with Gasteiger partial charge in [-0.15, -0.1) is 0 Å². The third-order valence-corrected chi connectivity index (χ3v) is 4.46. The highest BCUT2D eigenvalue weighted by Gasteiger charge is 2.27. The van der Waals surface area contributed by atoms with Crippen LogP contribution in [0.5, 0.6) is 0 Å². The van der Waals surface area contributed by atoms with Gasteiger partial charge in [-0.3, -0.25) is 25.0 Å². The van der Waals surface area contributed by atoms with E-state index in [0.29, 0.717) is 0 Å². The van der Waals surface area contributed by atoms with Gasteiger partial charge in [0.05, 0.1) is 21.5 Å². The highest BCUT2D eigenvalue weighted by molar-refractivity contribution is 6.53. The minimum absolute atomic E-state index is 0.00747. The van der Waals surface area contributed by atoms with E-state index >= 15 is 0 Å². The second kappa shape index (κ2) is 10.7. The molecule has 2 rings (SSSR count). The minimum atomic E-state index is -1.46. The average molecular weight is 472 g/mol. The van der Waals surface area contributed by atoms with Crippen LogP contribution in [0.25, 0.3) is 0 Å². The van der Waals surface area contributed by atoms with E-state index in [-0.39, 0.29) is 22.5 Å². The van der Waals surface area contributed by atoms with E-state index in [1.54, 1.807) is 0 Å². The summed E-state index contributed by atoms with van der Waals surface area (Å²) in [5, 5.41) is 34.4. The number of ether oxygens (including phenoxy) is 1. The first-order chi connectivity index (χ1) is 14.6. The molecule has 0 spiro atoms. The van der Waals surface area contributed by atoms with E-state index in [1.807, 2.05) is 0 Å². The first kappa shape index (κ1) is 24.0. The van der Waals surface area contributed by atoms with Gasteiger partial charge in [-0.1, -0.05) is 23.2 Å². The van der Waals surface area contributed by atoms with Crippen LogP contribution < -0.4 is 5.32 Å². The van der Waals surface area contributed by atoms with Gasteiger partial charge in [-0.2, -0.15) is 0 Å². The highest BCUT2D eigenvalue weighted by atomic mass is 35.5. The van der Waals surface area contributed by atoms with Crippen molar-refractivity contribution in [2.45, 2.75) is 17.0 Å². The number of rotatable bonds is 9. The molecule has 1 amide bonds. The number of carbonyl (C=O) groups excluding carboxylic acids is 2. The van der Waals surface area contributed by atoms with Crippen LogP contribution in [0.3, 0.4) is 0 Å². The van der Waals surface area contributed by atoms with Gasteiger partial charge in [0.15, 0.2) is 4.84 Å². The van der Waals surface area contributed by atoms with Crippen LogP contribution in [0.2, 0.25) is 0 Å². The summed E-state index contributed by atoms with van der Waals surface area (Å²) in [4.78, 5) is 42.8. The Morgan fingerprint density at radius 3 is 1.90 bits per heavy atom. The van der Waals surface area contributed by atoms with Gasteiger partial charge in [0.1, 0.15) is 12.7 Å². The van der Waals surface area contributed by atoms with Crippen LogP contribution in [-0.4, -0.2) is 44.3 Å². The van der Waals surface area contributed by atoms with Gasteiger partial charge < -0.3 is 15.2 Å². The van der Waals surface area contributed by atoms with Gasteiger partial charge in [0.25, 0.3) is 17.3 Å². The zero-order valence-electron chi connectivity index (χ0n) is 15.5. The van der Waals surface area contributed by atoms with Crippen LogP contribution in [0, 0.1) is 20.2 Å². The molecule has 13 heteroatoms. The zero-order chi connectivity index (χ0) is 23.1. The van der Waals surface area contributed by atoms with Crippen LogP contribution >= 0.6 is 23.2 Å². The first-order valence-electron chi connectivity index (χ1n) is 8.52. The Labute approximate surface area is 184 Å². The van der Waals surface area contributed by atoms with Crippen LogP contribution in [0.1, 0.15) is 22.0 Å². The van der Waals surface area contributed by atoms with E-state index in [9.17, 15) is 34.9 Å². The monoisotopic (exact) mass is 471 g/mol. The molecule has 2 atom stereocenters. The quantitative estimate of drug-likeness (QED) is 0.244. The topological polar surface area (TPSA) is 162 Å². The molecule has 0 aliphatic rings. The Hall–Kier alpha value is -3.28. The predicted molar refractivity (Wildman–Crippen MR) is 109 cm³/mol. The van der Waals surface area contributed by atoms with Crippen molar-refractivity contribution in [3.05, 3.63) is 79.9 Å². The minimum Gasteiger partial charge on any atom is -0.460 e. The number of nitro benzene ring substituents is 2. The van der Waals surface area contributed by atoms with Crippen LogP contribution in [-0.2, 0) is 9.53 Å². The number of aliphatic hydroxyl groups is 1. The number of alkyl halides is 2. The maximum Gasteiger partial charge on any atom is 0.338 e. The Kier molecular flexibility index (Phi) is 8.25. The third kappa shape index (κ3) is 6.60. The van der Waals surface area contributed by atoms with Crippen molar-refractivity contribution in [1.29, 1.82) is 0 Å². The Morgan fingerprint density at radius 2 is 1.45 bits per heavy atom. The number of halogens is 2. The van der Waals surface area contributed by atoms with Crippen LogP contribution in [0.15, 0.2) is 48.5 Å². The summed E-state index contributed by atoms with van der Waals surface area (Å²) in [6.45, 7) is -0.514. The Morgan fingerprint density at radius 1 is 0.968 bits per heavy atom. The lowest BCUT2D eigenvalue weighted by atomic mass is 10.0. The SMILES string of the molecule is O=C(OC[C@@H](NC(=O)C(Cl)Cl)[C@H](O)c1ccc([N+](=O)[O-])cc1)c1ccc([N+](=O)[O-])cc1. The number of nitrogens with one attached hydrogen (secondary N) is 1. The molecule has 31 heavy (non-hydrogen) atoms. The molecular formula is C18H15Cl2N3O8.